The van der Waals surface area contributed by atoms with Gasteiger partial charge in [-0.05, 0) is 40.5 Å². The number of rotatable bonds is 6. The zero-order valence-corrected chi connectivity index (χ0v) is 17.3. The van der Waals surface area contributed by atoms with Gasteiger partial charge >= 0.3 is 0 Å². The normalized spacial score (nSPS) is 14.3. The summed E-state index contributed by atoms with van der Waals surface area (Å²) >= 11 is 0. The minimum atomic E-state index is -1.83. The molecule has 0 aliphatic rings. The highest BCUT2D eigenvalue weighted by molar-refractivity contribution is 6.74. The molecule has 1 N–H and O–H groups in total. The highest BCUT2D eigenvalue weighted by Gasteiger charge is 2.39. The van der Waals surface area contributed by atoms with Crippen LogP contribution in [0.3, 0.4) is 0 Å². The lowest BCUT2D eigenvalue weighted by Gasteiger charge is -2.39. The molecule has 0 bridgehead atoms. The minimum Gasteiger partial charge on any atom is -0.409 e. The molecule has 0 amide bonds. The van der Waals surface area contributed by atoms with Crippen LogP contribution in [0, 0.1) is 0 Å². The van der Waals surface area contributed by atoms with Gasteiger partial charge in [0.25, 0.3) is 0 Å². The van der Waals surface area contributed by atoms with E-state index in [0.29, 0.717) is 6.04 Å². The summed E-state index contributed by atoms with van der Waals surface area (Å²) in [7, 11) is -1.83. The Balaban J connectivity index is 2.33. The molecular weight excluding hydrogens is 310 g/mol. The van der Waals surface area contributed by atoms with Crippen LogP contribution in [0.1, 0.15) is 46.3 Å². The number of nitrogens with one attached hydrogen (secondary N) is 1. The monoisotopic (exact) mass is 343 g/mol. The Bertz CT molecular complexity index is 673. The molecule has 0 aliphatic heterocycles. The van der Waals surface area contributed by atoms with E-state index in [2.05, 4.69) is 95.5 Å². The standard InChI is InChI=1S/C21H33NOSi/c1-16(2)22-15-20(23-24(6,7)21(3,4)5)19-13-12-17-10-8-9-11-18(17)14-19/h8-14,16,20,22H,15H2,1-7H3. The van der Waals surface area contributed by atoms with E-state index in [1.807, 2.05) is 0 Å². The first-order valence-electron chi connectivity index (χ1n) is 9.00. The quantitative estimate of drug-likeness (QED) is 0.659. The van der Waals surface area contributed by atoms with Gasteiger partial charge < -0.3 is 9.74 Å². The van der Waals surface area contributed by atoms with Gasteiger partial charge in [0.2, 0.25) is 0 Å². The van der Waals surface area contributed by atoms with Gasteiger partial charge in [-0.15, -0.1) is 0 Å². The topological polar surface area (TPSA) is 21.3 Å². The lowest BCUT2D eigenvalue weighted by Crippen LogP contribution is -2.44. The van der Waals surface area contributed by atoms with Gasteiger partial charge in [0.05, 0.1) is 6.10 Å². The Morgan fingerprint density at radius 1 is 1.00 bits per heavy atom. The van der Waals surface area contributed by atoms with Crippen molar-refractivity contribution in [2.45, 2.75) is 64.9 Å². The maximum Gasteiger partial charge on any atom is 0.192 e. The van der Waals surface area contributed by atoms with Crippen molar-refractivity contribution in [2.24, 2.45) is 0 Å². The van der Waals surface area contributed by atoms with E-state index in [1.165, 1.54) is 16.3 Å². The SMILES string of the molecule is CC(C)NCC(O[Si](C)(C)C(C)(C)C)c1ccc2ccccc2c1. The number of benzene rings is 2. The molecule has 2 rings (SSSR count). The van der Waals surface area contributed by atoms with Crippen LogP contribution in [0.4, 0.5) is 0 Å². The summed E-state index contributed by atoms with van der Waals surface area (Å²) in [4.78, 5) is 0. The van der Waals surface area contributed by atoms with Crippen molar-refractivity contribution < 1.29 is 4.43 Å². The molecule has 0 fully saturated rings. The third-order valence-corrected chi connectivity index (χ3v) is 9.59. The smallest absolute Gasteiger partial charge is 0.192 e. The van der Waals surface area contributed by atoms with E-state index in [1.54, 1.807) is 0 Å². The molecule has 1 unspecified atom stereocenters. The molecule has 3 heteroatoms. The Kier molecular flexibility index (Phi) is 5.90. The molecule has 2 aromatic rings. The Morgan fingerprint density at radius 2 is 1.62 bits per heavy atom. The zero-order chi connectivity index (χ0) is 18.0. The fourth-order valence-corrected chi connectivity index (χ4v) is 3.80. The summed E-state index contributed by atoms with van der Waals surface area (Å²) in [6.45, 7) is 16.8. The summed E-state index contributed by atoms with van der Waals surface area (Å²) in [5.41, 5.74) is 1.27. The lowest BCUT2D eigenvalue weighted by atomic mass is 10.0. The van der Waals surface area contributed by atoms with Crippen LogP contribution in [0.2, 0.25) is 18.1 Å². The summed E-state index contributed by atoms with van der Waals surface area (Å²) in [5.74, 6) is 0. The summed E-state index contributed by atoms with van der Waals surface area (Å²) in [6.07, 6.45) is 0.0953. The Morgan fingerprint density at radius 3 is 2.21 bits per heavy atom. The average Bonchev–Trinajstić information content (AvgIpc) is 2.49. The third kappa shape index (κ3) is 4.68. The van der Waals surface area contributed by atoms with E-state index >= 15 is 0 Å². The molecule has 0 aromatic heterocycles. The molecule has 2 nitrogen and oxygen atoms in total. The van der Waals surface area contributed by atoms with Crippen LogP contribution in [0.5, 0.6) is 0 Å². The average molecular weight is 344 g/mol. The maximum atomic E-state index is 6.76. The minimum absolute atomic E-state index is 0.0953. The van der Waals surface area contributed by atoms with Gasteiger partial charge in [-0.1, -0.05) is 71.0 Å². The first-order valence-corrected chi connectivity index (χ1v) is 11.9. The zero-order valence-electron chi connectivity index (χ0n) is 16.3. The number of fused-ring (bicyclic) bond motifs is 1. The molecule has 0 aliphatic carbocycles. The number of hydrogen-bond acceptors (Lipinski definition) is 2. The van der Waals surface area contributed by atoms with E-state index in [-0.39, 0.29) is 11.1 Å². The largest absolute Gasteiger partial charge is 0.409 e. The second-order valence-electron chi connectivity index (χ2n) is 8.54. The summed E-state index contributed by atoms with van der Waals surface area (Å²) in [6, 6.07) is 15.7. The van der Waals surface area contributed by atoms with Gasteiger partial charge in [0.15, 0.2) is 8.32 Å². The van der Waals surface area contributed by atoms with Crippen molar-refractivity contribution >= 4 is 19.1 Å². The second-order valence-corrected chi connectivity index (χ2v) is 13.3. The molecule has 1 atom stereocenters. The van der Waals surface area contributed by atoms with Gasteiger partial charge in [0, 0.05) is 12.6 Å². The molecule has 0 saturated carbocycles. The highest BCUT2D eigenvalue weighted by atomic mass is 28.4. The predicted molar refractivity (Wildman–Crippen MR) is 108 cm³/mol. The Hall–Kier alpha value is -1.16. The van der Waals surface area contributed by atoms with Crippen molar-refractivity contribution in [2.75, 3.05) is 6.54 Å². The molecular formula is C21H33NOSi. The van der Waals surface area contributed by atoms with Gasteiger partial charge in [0.1, 0.15) is 0 Å². The van der Waals surface area contributed by atoms with Gasteiger partial charge in [-0.2, -0.15) is 0 Å². The summed E-state index contributed by atoms with van der Waals surface area (Å²) in [5, 5.41) is 6.33. The second kappa shape index (κ2) is 7.38. The van der Waals surface area contributed by atoms with Gasteiger partial charge in [-0.3, -0.25) is 0 Å². The molecule has 0 heterocycles. The van der Waals surface area contributed by atoms with Crippen molar-refractivity contribution in [3.05, 3.63) is 48.0 Å². The van der Waals surface area contributed by atoms with Crippen LogP contribution >= 0.6 is 0 Å². The predicted octanol–water partition coefficient (Wildman–Crippen LogP) is 5.90. The fraction of sp³-hybridized carbons (Fsp3) is 0.524. The molecule has 24 heavy (non-hydrogen) atoms. The molecule has 0 spiro atoms. The molecule has 0 saturated heterocycles. The van der Waals surface area contributed by atoms with Crippen LogP contribution in [0.25, 0.3) is 10.8 Å². The summed E-state index contributed by atoms with van der Waals surface area (Å²) < 4.78 is 6.76. The van der Waals surface area contributed by atoms with E-state index in [9.17, 15) is 0 Å². The van der Waals surface area contributed by atoms with E-state index in [4.69, 9.17) is 4.43 Å². The number of hydrogen-bond donors (Lipinski definition) is 1. The van der Waals surface area contributed by atoms with Crippen LogP contribution < -0.4 is 5.32 Å². The van der Waals surface area contributed by atoms with Crippen LogP contribution in [0.15, 0.2) is 42.5 Å². The van der Waals surface area contributed by atoms with Crippen molar-refractivity contribution in [1.29, 1.82) is 0 Å². The fourth-order valence-electron chi connectivity index (χ4n) is 2.51. The van der Waals surface area contributed by atoms with Crippen LogP contribution in [-0.4, -0.2) is 20.9 Å². The lowest BCUT2D eigenvalue weighted by molar-refractivity contribution is 0.177. The van der Waals surface area contributed by atoms with Crippen molar-refractivity contribution in [3.8, 4) is 0 Å². The van der Waals surface area contributed by atoms with Gasteiger partial charge in [-0.25, -0.2) is 0 Å². The maximum absolute atomic E-state index is 6.76. The molecule has 132 valence electrons. The van der Waals surface area contributed by atoms with E-state index < -0.39 is 8.32 Å². The van der Waals surface area contributed by atoms with E-state index in [0.717, 1.165) is 6.54 Å². The molecule has 0 radical (unpaired) electrons. The Labute approximate surface area is 148 Å². The van der Waals surface area contributed by atoms with Crippen molar-refractivity contribution in [3.63, 3.8) is 0 Å². The highest BCUT2D eigenvalue weighted by Crippen LogP contribution is 2.39. The van der Waals surface area contributed by atoms with Crippen LogP contribution in [-0.2, 0) is 4.43 Å². The molecule has 2 aromatic carbocycles. The first-order chi connectivity index (χ1) is 11.1. The third-order valence-electron chi connectivity index (χ3n) is 5.10. The first kappa shape index (κ1) is 19.2. The van der Waals surface area contributed by atoms with Crippen molar-refractivity contribution in [1.82, 2.24) is 5.32 Å².